The molecule has 6 nitrogen and oxygen atoms in total. The average Bonchev–Trinajstić information content (AvgIpc) is 3.08. The molecule has 1 atom stereocenters. The van der Waals surface area contributed by atoms with Crippen molar-refractivity contribution in [3.8, 4) is 11.7 Å². The van der Waals surface area contributed by atoms with E-state index < -0.39 is 0 Å². The summed E-state index contributed by atoms with van der Waals surface area (Å²) in [6.07, 6.45) is 6.15. The number of aromatic nitrogens is 2. The van der Waals surface area contributed by atoms with Crippen molar-refractivity contribution in [1.82, 2.24) is 15.0 Å². The average molecular weight is 277 g/mol. The van der Waals surface area contributed by atoms with Gasteiger partial charge in [-0.2, -0.15) is 4.98 Å². The first-order chi connectivity index (χ1) is 9.86. The molecule has 3 heterocycles. The molecule has 1 N–H and O–H groups in total. The van der Waals surface area contributed by atoms with Crippen LogP contribution in [-0.2, 0) is 6.54 Å². The largest absolute Gasteiger partial charge is 0.459 e. The molecule has 1 unspecified atom stereocenters. The minimum absolute atomic E-state index is 0.183. The lowest BCUT2D eigenvalue weighted by Crippen LogP contribution is -2.37. The van der Waals surface area contributed by atoms with Crippen molar-refractivity contribution in [3.05, 3.63) is 24.2 Å². The first-order valence-electron chi connectivity index (χ1n) is 7.08. The van der Waals surface area contributed by atoms with Crippen LogP contribution in [0.25, 0.3) is 11.7 Å². The van der Waals surface area contributed by atoms with Gasteiger partial charge in [0, 0.05) is 6.04 Å². The molecule has 0 radical (unpaired) electrons. The van der Waals surface area contributed by atoms with Crippen LogP contribution in [0.3, 0.4) is 0 Å². The molecule has 1 fully saturated rings. The molecular formula is C14H19N3O3. The minimum atomic E-state index is 0.183. The van der Waals surface area contributed by atoms with Gasteiger partial charge in [-0.3, -0.25) is 4.90 Å². The minimum Gasteiger partial charge on any atom is -0.459 e. The van der Waals surface area contributed by atoms with Crippen LogP contribution in [0.1, 0.15) is 31.5 Å². The van der Waals surface area contributed by atoms with E-state index in [0.29, 0.717) is 24.0 Å². The van der Waals surface area contributed by atoms with Crippen LogP contribution in [0.5, 0.6) is 0 Å². The maximum Gasteiger partial charge on any atom is 0.293 e. The zero-order valence-electron chi connectivity index (χ0n) is 11.4. The summed E-state index contributed by atoms with van der Waals surface area (Å²) in [5, 5.41) is 13.5. The molecular weight excluding hydrogens is 258 g/mol. The van der Waals surface area contributed by atoms with E-state index in [1.54, 1.807) is 18.4 Å². The van der Waals surface area contributed by atoms with Crippen LogP contribution in [0.15, 0.2) is 27.3 Å². The number of likely N-dealkylation sites (tertiary alicyclic amines) is 1. The number of nitrogens with zero attached hydrogens (tertiary/aromatic N) is 3. The van der Waals surface area contributed by atoms with E-state index in [1.807, 2.05) is 0 Å². The Bertz CT molecular complexity index is 524. The fourth-order valence-corrected chi connectivity index (χ4v) is 2.65. The van der Waals surface area contributed by atoms with Crippen molar-refractivity contribution < 1.29 is 14.0 Å². The highest BCUT2D eigenvalue weighted by atomic mass is 16.5. The second-order valence-electron chi connectivity index (χ2n) is 5.15. The Kier molecular flexibility index (Phi) is 4.13. The zero-order chi connectivity index (χ0) is 13.8. The first-order valence-corrected chi connectivity index (χ1v) is 7.08. The van der Waals surface area contributed by atoms with Gasteiger partial charge in [0.1, 0.15) is 0 Å². The van der Waals surface area contributed by atoms with Gasteiger partial charge in [0.2, 0.25) is 0 Å². The number of hydrogen-bond donors (Lipinski definition) is 1. The predicted octanol–water partition coefficient (Wildman–Crippen LogP) is 2.07. The monoisotopic (exact) mass is 277 g/mol. The number of aliphatic hydroxyl groups excluding tert-OH is 1. The van der Waals surface area contributed by atoms with Gasteiger partial charge in [-0.05, 0) is 31.5 Å². The standard InChI is InChI=1S/C14H19N3O3/c18-10-11-5-2-1-3-7-17(11)9-13-15-14(20-16-13)12-6-4-8-19-12/h4,6,8,11,18H,1-3,5,7,9-10H2. The molecule has 0 aliphatic carbocycles. The second kappa shape index (κ2) is 6.19. The van der Waals surface area contributed by atoms with Crippen molar-refractivity contribution in [2.45, 2.75) is 38.3 Å². The fraction of sp³-hybridized carbons (Fsp3) is 0.571. The van der Waals surface area contributed by atoms with Gasteiger partial charge in [0.15, 0.2) is 11.6 Å². The summed E-state index contributed by atoms with van der Waals surface area (Å²) in [5.41, 5.74) is 0. The Morgan fingerprint density at radius 1 is 1.35 bits per heavy atom. The first kappa shape index (κ1) is 13.3. The normalized spacial score (nSPS) is 20.9. The summed E-state index contributed by atoms with van der Waals surface area (Å²) in [6.45, 7) is 1.76. The summed E-state index contributed by atoms with van der Waals surface area (Å²) in [7, 11) is 0. The Morgan fingerprint density at radius 2 is 2.30 bits per heavy atom. The molecule has 3 rings (SSSR count). The smallest absolute Gasteiger partial charge is 0.293 e. The molecule has 0 aromatic carbocycles. The third kappa shape index (κ3) is 2.91. The lowest BCUT2D eigenvalue weighted by atomic mass is 10.1. The van der Waals surface area contributed by atoms with Crippen LogP contribution in [0, 0.1) is 0 Å². The molecule has 0 bridgehead atoms. The third-order valence-electron chi connectivity index (χ3n) is 3.75. The molecule has 1 aliphatic rings. The maximum absolute atomic E-state index is 9.50. The summed E-state index contributed by atoms with van der Waals surface area (Å²) < 4.78 is 10.4. The van der Waals surface area contributed by atoms with Crippen LogP contribution >= 0.6 is 0 Å². The number of hydrogen-bond acceptors (Lipinski definition) is 6. The van der Waals surface area contributed by atoms with E-state index in [4.69, 9.17) is 8.94 Å². The van der Waals surface area contributed by atoms with Gasteiger partial charge in [-0.25, -0.2) is 0 Å². The molecule has 108 valence electrons. The molecule has 1 aliphatic heterocycles. The van der Waals surface area contributed by atoms with Crippen molar-refractivity contribution in [1.29, 1.82) is 0 Å². The van der Waals surface area contributed by atoms with E-state index in [0.717, 1.165) is 19.4 Å². The van der Waals surface area contributed by atoms with Crippen LogP contribution in [0.2, 0.25) is 0 Å². The van der Waals surface area contributed by atoms with Crippen LogP contribution in [0.4, 0.5) is 0 Å². The Morgan fingerprint density at radius 3 is 3.10 bits per heavy atom. The molecule has 0 amide bonds. The number of rotatable bonds is 4. The van der Waals surface area contributed by atoms with Crippen molar-refractivity contribution in [2.24, 2.45) is 0 Å². The van der Waals surface area contributed by atoms with Gasteiger partial charge in [0.05, 0.1) is 19.4 Å². The molecule has 1 saturated heterocycles. The summed E-state index contributed by atoms with van der Waals surface area (Å²) in [4.78, 5) is 6.59. The third-order valence-corrected chi connectivity index (χ3v) is 3.75. The molecule has 6 heteroatoms. The lowest BCUT2D eigenvalue weighted by Gasteiger charge is -2.26. The van der Waals surface area contributed by atoms with Crippen molar-refractivity contribution in [3.63, 3.8) is 0 Å². The quantitative estimate of drug-likeness (QED) is 0.922. The molecule has 20 heavy (non-hydrogen) atoms. The van der Waals surface area contributed by atoms with Gasteiger partial charge < -0.3 is 14.0 Å². The van der Waals surface area contributed by atoms with E-state index in [9.17, 15) is 5.11 Å². The predicted molar refractivity (Wildman–Crippen MR) is 71.8 cm³/mol. The highest BCUT2D eigenvalue weighted by molar-refractivity contribution is 5.42. The van der Waals surface area contributed by atoms with Gasteiger partial charge in [-0.1, -0.05) is 18.0 Å². The van der Waals surface area contributed by atoms with Gasteiger partial charge in [0.25, 0.3) is 5.89 Å². The summed E-state index contributed by atoms with van der Waals surface area (Å²) in [5.74, 6) is 1.62. The SMILES string of the molecule is OCC1CCCCCN1Cc1noc(-c2ccco2)n1. The van der Waals surface area contributed by atoms with E-state index in [1.165, 1.54) is 12.8 Å². The molecule has 2 aromatic rings. The van der Waals surface area contributed by atoms with Crippen LogP contribution < -0.4 is 0 Å². The maximum atomic E-state index is 9.50. The highest BCUT2D eigenvalue weighted by Crippen LogP contribution is 2.20. The Labute approximate surface area is 117 Å². The van der Waals surface area contributed by atoms with Gasteiger partial charge >= 0.3 is 0 Å². The van der Waals surface area contributed by atoms with E-state index in [2.05, 4.69) is 15.0 Å². The summed E-state index contributed by atoms with van der Waals surface area (Å²) >= 11 is 0. The fourth-order valence-electron chi connectivity index (χ4n) is 2.65. The van der Waals surface area contributed by atoms with Crippen molar-refractivity contribution in [2.75, 3.05) is 13.2 Å². The topological polar surface area (TPSA) is 75.5 Å². The zero-order valence-corrected chi connectivity index (χ0v) is 11.4. The number of aliphatic hydroxyl groups is 1. The van der Waals surface area contributed by atoms with Gasteiger partial charge in [-0.15, -0.1) is 0 Å². The van der Waals surface area contributed by atoms with Crippen molar-refractivity contribution >= 4 is 0 Å². The molecule has 0 saturated carbocycles. The Balaban J connectivity index is 1.70. The Hall–Kier alpha value is -1.66. The highest BCUT2D eigenvalue weighted by Gasteiger charge is 2.22. The summed E-state index contributed by atoms with van der Waals surface area (Å²) in [6, 6.07) is 3.78. The molecule has 0 spiro atoms. The van der Waals surface area contributed by atoms with E-state index >= 15 is 0 Å². The lowest BCUT2D eigenvalue weighted by molar-refractivity contribution is 0.115. The van der Waals surface area contributed by atoms with Crippen LogP contribution in [-0.4, -0.2) is 39.3 Å². The van der Waals surface area contributed by atoms with E-state index in [-0.39, 0.29) is 12.6 Å². The molecule has 2 aromatic heterocycles. The second-order valence-corrected chi connectivity index (χ2v) is 5.15. The number of furan rings is 1.